The maximum atomic E-state index is 12.3. The number of rotatable bonds is 4. The number of nitrogens with one attached hydrogen (secondary N) is 1. The second-order valence-corrected chi connectivity index (χ2v) is 7.85. The lowest BCUT2D eigenvalue weighted by atomic mass is 9.99. The van der Waals surface area contributed by atoms with Gasteiger partial charge in [0.25, 0.3) is 0 Å². The average Bonchev–Trinajstić information content (AvgIpc) is 2.67. The molecule has 2 aliphatic rings. The van der Waals surface area contributed by atoms with Crippen LogP contribution in [-0.4, -0.2) is 42.0 Å². The second-order valence-electron chi connectivity index (χ2n) is 7.85. The number of carbonyl (C=O) groups excluding carboxylic acids is 1. The van der Waals surface area contributed by atoms with Crippen molar-refractivity contribution in [2.24, 2.45) is 11.8 Å². The molecule has 1 unspecified atom stereocenters. The molecule has 2 fully saturated rings. The zero-order valence-corrected chi connectivity index (χ0v) is 15.8. The number of urea groups is 1. The molecule has 140 valence electrons. The van der Waals surface area contributed by atoms with Crippen molar-refractivity contribution in [1.29, 1.82) is 5.26 Å². The van der Waals surface area contributed by atoms with Gasteiger partial charge in [0.2, 0.25) is 0 Å². The number of hydrogen-bond donors (Lipinski definition) is 1. The van der Waals surface area contributed by atoms with Crippen LogP contribution < -0.4 is 5.32 Å². The summed E-state index contributed by atoms with van der Waals surface area (Å²) in [5.41, 5.74) is 2.47. The van der Waals surface area contributed by atoms with Gasteiger partial charge in [0, 0.05) is 38.6 Å². The van der Waals surface area contributed by atoms with Crippen molar-refractivity contribution in [2.75, 3.05) is 26.2 Å². The molecule has 1 N–H and O–H groups in total. The summed E-state index contributed by atoms with van der Waals surface area (Å²) in [4.78, 5) is 16.6. The first-order chi connectivity index (χ1) is 12.6. The Balaban J connectivity index is 1.43. The molecule has 0 spiro atoms. The molecule has 2 amide bonds. The highest BCUT2D eigenvalue weighted by molar-refractivity contribution is 5.74. The Labute approximate surface area is 157 Å². The fourth-order valence-electron chi connectivity index (χ4n) is 3.95. The van der Waals surface area contributed by atoms with Crippen LogP contribution >= 0.6 is 0 Å². The SMILES string of the molecule is CC1CCCN(Cc2ccc(CNC(=O)N3CCC(C#N)CC3)cc2)C1. The van der Waals surface area contributed by atoms with E-state index in [0.29, 0.717) is 19.6 Å². The zero-order chi connectivity index (χ0) is 18.4. The molecule has 0 bridgehead atoms. The molecule has 1 aromatic rings. The van der Waals surface area contributed by atoms with Gasteiger partial charge in [-0.15, -0.1) is 0 Å². The van der Waals surface area contributed by atoms with Crippen LogP contribution in [0, 0.1) is 23.2 Å². The van der Waals surface area contributed by atoms with E-state index in [1.807, 2.05) is 4.90 Å². The maximum Gasteiger partial charge on any atom is 0.317 e. The molecular formula is C21H30N4O. The molecule has 0 aromatic heterocycles. The second kappa shape index (κ2) is 9.05. The van der Waals surface area contributed by atoms with Crippen molar-refractivity contribution < 1.29 is 4.79 Å². The first kappa shape index (κ1) is 18.7. The van der Waals surface area contributed by atoms with Crippen LogP contribution in [0.3, 0.4) is 0 Å². The fourth-order valence-corrected chi connectivity index (χ4v) is 3.95. The van der Waals surface area contributed by atoms with E-state index in [-0.39, 0.29) is 11.9 Å². The van der Waals surface area contributed by atoms with Crippen molar-refractivity contribution in [3.63, 3.8) is 0 Å². The Morgan fingerprint density at radius 3 is 2.50 bits per heavy atom. The molecule has 3 rings (SSSR count). The molecule has 1 aromatic carbocycles. The third-order valence-corrected chi connectivity index (χ3v) is 5.58. The van der Waals surface area contributed by atoms with Gasteiger partial charge in [-0.1, -0.05) is 31.2 Å². The Bertz CT molecular complexity index is 628. The lowest BCUT2D eigenvalue weighted by molar-refractivity contribution is 0.176. The maximum absolute atomic E-state index is 12.3. The van der Waals surface area contributed by atoms with E-state index in [4.69, 9.17) is 5.26 Å². The first-order valence-electron chi connectivity index (χ1n) is 9.86. The van der Waals surface area contributed by atoms with Crippen molar-refractivity contribution in [1.82, 2.24) is 15.1 Å². The molecule has 0 aliphatic carbocycles. The normalized spacial score (nSPS) is 22.0. The molecule has 0 saturated carbocycles. The number of nitrogens with zero attached hydrogens (tertiary/aromatic N) is 3. The third kappa shape index (κ3) is 5.22. The summed E-state index contributed by atoms with van der Waals surface area (Å²) in [5.74, 6) is 0.908. The molecule has 2 saturated heterocycles. The zero-order valence-electron chi connectivity index (χ0n) is 15.8. The first-order valence-corrected chi connectivity index (χ1v) is 9.86. The summed E-state index contributed by atoms with van der Waals surface area (Å²) < 4.78 is 0. The highest BCUT2D eigenvalue weighted by atomic mass is 16.2. The van der Waals surface area contributed by atoms with Crippen LogP contribution in [-0.2, 0) is 13.1 Å². The summed E-state index contributed by atoms with van der Waals surface area (Å²) in [6.45, 7) is 7.66. The van der Waals surface area contributed by atoms with Gasteiger partial charge in [-0.25, -0.2) is 4.79 Å². The van der Waals surface area contributed by atoms with Crippen LogP contribution in [0.1, 0.15) is 43.7 Å². The summed E-state index contributed by atoms with van der Waals surface area (Å²) in [6, 6.07) is 10.9. The number of hydrogen-bond acceptors (Lipinski definition) is 3. The summed E-state index contributed by atoms with van der Waals surface area (Å²) in [5, 5.41) is 11.9. The van der Waals surface area contributed by atoms with E-state index in [0.717, 1.165) is 30.9 Å². The van der Waals surface area contributed by atoms with Crippen LogP contribution in [0.25, 0.3) is 0 Å². The predicted molar refractivity (Wildman–Crippen MR) is 102 cm³/mol. The fraction of sp³-hybridized carbons (Fsp3) is 0.619. The number of likely N-dealkylation sites (tertiary alicyclic amines) is 2. The number of amides is 2. The number of carbonyl (C=O) groups is 1. The minimum Gasteiger partial charge on any atom is -0.334 e. The van der Waals surface area contributed by atoms with Crippen LogP contribution in [0.4, 0.5) is 4.79 Å². The van der Waals surface area contributed by atoms with Crippen LogP contribution in [0.15, 0.2) is 24.3 Å². The lowest BCUT2D eigenvalue weighted by Gasteiger charge is -2.30. The standard InChI is InChI=1S/C21H30N4O/c1-17-3-2-10-24(15-17)16-20-6-4-19(5-7-20)14-23-21(26)25-11-8-18(13-22)9-12-25/h4-7,17-18H,2-3,8-12,14-16H2,1H3,(H,23,26). The molecule has 26 heavy (non-hydrogen) atoms. The Kier molecular flexibility index (Phi) is 6.51. The lowest BCUT2D eigenvalue weighted by Crippen LogP contribution is -2.44. The van der Waals surface area contributed by atoms with E-state index in [1.165, 1.54) is 31.5 Å². The Morgan fingerprint density at radius 1 is 1.15 bits per heavy atom. The van der Waals surface area contributed by atoms with Gasteiger partial charge >= 0.3 is 6.03 Å². The summed E-state index contributed by atoms with van der Waals surface area (Å²) in [7, 11) is 0. The number of nitriles is 1. The van der Waals surface area contributed by atoms with E-state index in [2.05, 4.69) is 47.5 Å². The van der Waals surface area contributed by atoms with E-state index >= 15 is 0 Å². The van der Waals surface area contributed by atoms with Gasteiger partial charge in [-0.3, -0.25) is 4.90 Å². The van der Waals surface area contributed by atoms with E-state index < -0.39 is 0 Å². The molecule has 2 aliphatic heterocycles. The Morgan fingerprint density at radius 2 is 1.85 bits per heavy atom. The van der Waals surface area contributed by atoms with Crippen molar-refractivity contribution in [3.05, 3.63) is 35.4 Å². The quantitative estimate of drug-likeness (QED) is 0.902. The van der Waals surface area contributed by atoms with E-state index in [9.17, 15) is 4.79 Å². The number of piperidine rings is 2. The van der Waals surface area contributed by atoms with Crippen molar-refractivity contribution in [3.8, 4) is 6.07 Å². The van der Waals surface area contributed by atoms with Gasteiger partial charge < -0.3 is 10.2 Å². The minimum absolute atomic E-state index is 0.0206. The summed E-state index contributed by atoms with van der Waals surface area (Å²) in [6.07, 6.45) is 4.22. The topological polar surface area (TPSA) is 59.4 Å². The predicted octanol–water partition coefficient (Wildman–Crippen LogP) is 3.36. The molecule has 2 heterocycles. The molecule has 0 radical (unpaired) electrons. The highest BCUT2D eigenvalue weighted by Gasteiger charge is 2.22. The van der Waals surface area contributed by atoms with Crippen molar-refractivity contribution >= 4 is 6.03 Å². The largest absolute Gasteiger partial charge is 0.334 e. The van der Waals surface area contributed by atoms with Crippen LogP contribution in [0.2, 0.25) is 0 Å². The summed E-state index contributed by atoms with van der Waals surface area (Å²) >= 11 is 0. The molecular weight excluding hydrogens is 324 g/mol. The third-order valence-electron chi connectivity index (χ3n) is 5.58. The van der Waals surface area contributed by atoms with Gasteiger partial charge in [-0.2, -0.15) is 5.26 Å². The van der Waals surface area contributed by atoms with E-state index in [1.54, 1.807) is 0 Å². The molecule has 5 heteroatoms. The smallest absolute Gasteiger partial charge is 0.317 e. The van der Waals surface area contributed by atoms with Crippen molar-refractivity contribution in [2.45, 2.75) is 45.7 Å². The van der Waals surface area contributed by atoms with Gasteiger partial charge in [0.15, 0.2) is 0 Å². The molecule has 1 atom stereocenters. The minimum atomic E-state index is -0.0206. The molecule has 5 nitrogen and oxygen atoms in total. The Hall–Kier alpha value is -2.06. The monoisotopic (exact) mass is 354 g/mol. The van der Waals surface area contributed by atoms with Crippen LogP contribution in [0.5, 0.6) is 0 Å². The van der Waals surface area contributed by atoms with Gasteiger partial charge in [-0.05, 0) is 49.3 Å². The number of benzene rings is 1. The van der Waals surface area contributed by atoms with Gasteiger partial charge in [0.05, 0.1) is 6.07 Å². The highest BCUT2D eigenvalue weighted by Crippen LogP contribution is 2.18. The van der Waals surface area contributed by atoms with Gasteiger partial charge in [0.1, 0.15) is 0 Å². The average molecular weight is 354 g/mol.